The summed E-state index contributed by atoms with van der Waals surface area (Å²) in [5.41, 5.74) is 3.64. The lowest BCUT2D eigenvalue weighted by molar-refractivity contribution is 0.00995. The summed E-state index contributed by atoms with van der Waals surface area (Å²) in [6.45, 7) is 1.30. The molecule has 8 heteroatoms. The molecule has 150 valence electrons. The Morgan fingerprint density at radius 2 is 1.90 bits per heavy atom. The van der Waals surface area contributed by atoms with Crippen molar-refractivity contribution in [2.24, 2.45) is 0 Å². The Bertz CT molecular complexity index is 1160. The van der Waals surface area contributed by atoms with Gasteiger partial charge in [0, 0.05) is 42.7 Å². The van der Waals surface area contributed by atoms with E-state index in [1.165, 1.54) is 12.1 Å². The third-order valence-corrected chi connectivity index (χ3v) is 5.00. The second kappa shape index (κ2) is 7.55. The number of nitrogens with zero attached hydrogens (tertiary/aromatic N) is 4. The molecular formula is C21H18ClF3N4. The summed E-state index contributed by atoms with van der Waals surface area (Å²) in [7, 11) is 0. The maximum Gasteiger partial charge on any atom is 0.245 e. The van der Waals surface area contributed by atoms with Crippen molar-refractivity contribution in [1.29, 1.82) is 0 Å². The Kier molecular flexibility index (Phi) is 5.08. The van der Waals surface area contributed by atoms with Crippen molar-refractivity contribution in [2.45, 2.75) is 32.2 Å². The zero-order valence-electron chi connectivity index (χ0n) is 15.6. The summed E-state index contributed by atoms with van der Waals surface area (Å²) < 4.78 is 43.8. The topological polar surface area (TPSA) is 35.1 Å². The monoisotopic (exact) mass is 418 g/mol. The van der Waals surface area contributed by atoms with Gasteiger partial charge in [0.05, 0.1) is 22.7 Å². The van der Waals surface area contributed by atoms with Crippen molar-refractivity contribution in [1.82, 2.24) is 18.9 Å². The Balaban J connectivity index is 1.79. The van der Waals surface area contributed by atoms with Crippen molar-refractivity contribution in [3.8, 4) is 22.5 Å². The predicted molar refractivity (Wildman–Crippen MR) is 107 cm³/mol. The second-order valence-electron chi connectivity index (χ2n) is 7.05. The first-order valence-corrected chi connectivity index (χ1v) is 9.51. The molecule has 0 bridgehead atoms. The van der Waals surface area contributed by atoms with Gasteiger partial charge in [-0.25, -0.2) is 23.1 Å². The van der Waals surface area contributed by atoms with E-state index in [0.29, 0.717) is 24.2 Å². The predicted octanol–water partition coefficient (Wildman–Crippen LogP) is 6.09. The molecule has 0 atom stereocenters. The standard InChI is InChI=1S/C21H18ClF3N4/c1-21(24,25)7-2-9-29-13-27-19(14-3-5-17(23)16(22)11-14)20(29)15-4-6-18-26-8-10-28(18)12-15/h3-6,8,10-13H,2,7,9H2,1H3. The minimum absolute atomic E-state index is 0.00122. The van der Waals surface area contributed by atoms with Crippen LogP contribution in [0.25, 0.3) is 28.2 Å². The molecule has 0 aliphatic carbocycles. The smallest absolute Gasteiger partial charge is 0.245 e. The number of benzene rings is 1. The fourth-order valence-corrected chi connectivity index (χ4v) is 3.51. The number of halogens is 4. The van der Waals surface area contributed by atoms with E-state index < -0.39 is 11.7 Å². The van der Waals surface area contributed by atoms with Gasteiger partial charge in [-0.15, -0.1) is 0 Å². The average Bonchev–Trinajstić information content (AvgIpc) is 3.29. The van der Waals surface area contributed by atoms with E-state index in [9.17, 15) is 13.2 Å². The summed E-state index contributed by atoms with van der Waals surface area (Å²) in [4.78, 5) is 8.73. The molecule has 0 spiro atoms. The van der Waals surface area contributed by atoms with Gasteiger partial charge in [-0.2, -0.15) is 0 Å². The van der Waals surface area contributed by atoms with Crippen LogP contribution in [-0.4, -0.2) is 24.9 Å². The molecule has 0 N–H and O–H groups in total. The Hall–Kier alpha value is -2.80. The zero-order valence-corrected chi connectivity index (χ0v) is 16.4. The van der Waals surface area contributed by atoms with Crippen LogP contribution in [0.4, 0.5) is 13.2 Å². The molecule has 0 aliphatic rings. The average molecular weight is 419 g/mol. The van der Waals surface area contributed by atoms with Gasteiger partial charge in [0.25, 0.3) is 0 Å². The Labute approximate surface area is 170 Å². The third kappa shape index (κ3) is 4.15. The summed E-state index contributed by atoms with van der Waals surface area (Å²) >= 11 is 5.96. The van der Waals surface area contributed by atoms with Gasteiger partial charge in [0.1, 0.15) is 11.5 Å². The third-order valence-electron chi connectivity index (χ3n) is 4.71. The summed E-state index contributed by atoms with van der Waals surface area (Å²) in [6, 6.07) is 8.18. The van der Waals surface area contributed by atoms with Gasteiger partial charge < -0.3 is 8.97 Å². The first-order chi connectivity index (χ1) is 13.8. The molecule has 4 rings (SSSR count). The molecule has 3 heterocycles. The van der Waals surface area contributed by atoms with Crippen LogP contribution in [0.1, 0.15) is 19.8 Å². The van der Waals surface area contributed by atoms with Crippen molar-refractivity contribution < 1.29 is 13.2 Å². The Morgan fingerprint density at radius 3 is 2.66 bits per heavy atom. The normalized spacial score (nSPS) is 12.0. The number of pyridine rings is 1. The van der Waals surface area contributed by atoms with Crippen LogP contribution in [0, 0.1) is 5.82 Å². The highest BCUT2D eigenvalue weighted by Crippen LogP contribution is 2.34. The van der Waals surface area contributed by atoms with Crippen LogP contribution >= 0.6 is 11.6 Å². The number of rotatable bonds is 6. The summed E-state index contributed by atoms with van der Waals surface area (Å²) in [5, 5.41) is -0.00122. The summed E-state index contributed by atoms with van der Waals surface area (Å²) in [6.07, 6.45) is 7.12. The quantitative estimate of drug-likeness (QED) is 0.379. The minimum atomic E-state index is -2.72. The molecule has 4 aromatic rings. The van der Waals surface area contributed by atoms with E-state index in [1.54, 1.807) is 18.6 Å². The fraction of sp³-hybridized carbons (Fsp3) is 0.238. The molecule has 0 saturated carbocycles. The maximum absolute atomic E-state index is 13.6. The van der Waals surface area contributed by atoms with Crippen LogP contribution in [0.15, 0.2) is 55.2 Å². The number of alkyl halides is 2. The number of hydrogen-bond donors (Lipinski definition) is 0. The van der Waals surface area contributed by atoms with Crippen molar-refractivity contribution in [2.75, 3.05) is 0 Å². The molecule has 0 unspecified atom stereocenters. The summed E-state index contributed by atoms with van der Waals surface area (Å²) in [5.74, 6) is -3.23. The van der Waals surface area contributed by atoms with Gasteiger partial charge >= 0.3 is 0 Å². The van der Waals surface area contributed by atoms with Gasteiger partial charge in [-0.1, -0.05) is 11.6 Å². The van der Waals surface area contributed by atoms with Crippen LogP contribution in [0.5, 0.6) is 0 Å². The Morgan fingerprint density at radius 1 is 1.10 bits per heavy atom. The SMILES string of the molecule is CC(F)(F)CCCn1cnc(-c2ccc(F)c(Cl)c2)c1-c1ccc2nccn2c1. The van der Waals surface area contributed by atoms with E-state index in [0.717, 1.165) is 23.8 Å². The number of aromatic nitrogens is 4. The lowest BCUT2D eigenvalue weighted by Crippen LogP contribution is -2.11. The van der Waals surface area contributed by atoms with E-state index in [1.807, 2.05) is 33.5 Å². The lowest BCUT2D eigenvalue weighted by Gasteiger charge is -2.13. The molecule has 0 aliphatic heterocycles. The molecule has 0 saturated heterocycles. The first kappa shape index (κ1) is 19.5. The zero-order chi connectivity index (χ0) is 20.6. The van der Waals surface area contributed by atoms with E-state index >= 15 is 0 Å². The number of imidazole rings is 2. The van der Waals surface area contributed by atoms with Crippen LogP contribution in [-0.2, 0) is 6.54 Å². The second-order valence-corrected chi connectivity index (χ2v) is 7.46. The molecular weight excluding hydrogens is 401 g/mol. The lowest BCUT2D eigenvalue weighted by atomic mass is 10.1. The molecule has 3 aromatic heterocycles. The molecule has 0 radical (unpaired) electrons. The van der Waals surface area contributed by atoms with Crippen molar-refractivity contribution >= 4 is 17.2 Å². The molecule has 0 fully saturated rings. The highest BCUT2D eigenvalue weighted by atomic mass is 35.5. The number of aryl methyl sites for hydroxylation is 1. The van der Waals surface area contributed by atoms with E-state index in [4.69, 9.17) is 11.6 Å². The van der Waals surface area contributed by atoms with E-state index in [-0.39, 0.29) is 11.4 Å². The number of fused-ring (bicyclic) bond motifs is 1. The van der Waals surface area contributed by atoms with Gasteiger partial charge in [-0.05, 0) is 43.7 Å². The van der Waals surface area contributed by atoms with Crippen LogP contribution in [0.3, 0.4) is 0 Å². The molecule has 4 nitrogen and oxygen atoms in total. The van der Waals surface area contributed by atoms with Gasteiger partial charge in [-0.3, -0.25) is 0 Å². The minimum Gasteiger partial charge on any atom is -0.330 e. The van der Waals surface area contributed by atoms with Crippen molar-refractivity contribution in [3.63, 3.8) is 0 Å². The van der Waals surface area contributed by atoms with Crippen LogP contribution < -0.4 is 0 Å². The first-order valence-electron chi connectivity index (χ1n) is 9.13. The van der Waals surface area contributed by atoms with Crippen molar-refractivity contribution in [3.05, 3.63) is 66.1 Å². The van der Waals surface area contributed by atoms with Gasteiger partial charge in [0.15, 0.2) is 0 Å². The van der Waals surface area contributed by atoms with Crippen LogP contribution in [0.2, 0.25) is 5.02 Å². The molecule has 1 aromatic carbocycles. The molecule has 29 heavy (non-hydrogen) atoms. The van der Waals surface area contributed by atoms with E-state index in [2.05, 4.69) is 9.97 Å². The fourth-order valence-electron chi connectivity index (χ4n) is 3.33. The largest absolute Gasteiger partial charge is 0.330 e. The van der Waals surface area contributed by atoms with Gasteiger partial charge in [0.2, 0.25) is 5.92 Å². The highest BCUT2D eigenvalue weighted by molar-refractivity contribution is 6.31. The number of hydrogen-bond acceptors (Lipinski definition) is 2. The maximum atomic E-state index is 13.6. The highest BCUT2D eigenvalue weighted by Gasteiger charge is 2.21. The molecule has 0 amide bonds.